The van der Waals surface area contributed by atoms with Gasteiger partial charge in [-0.15, -0.1) is 0 Å². The Hall–Kier alpha value is -3.14. The van der Waals surface area contributed by atoms with Gasteiger partial charge in [0.1, 0.15) is 17.6 Å². The highest BCUT2D eigenvalue weighted by molar-refractivity contribution is 6.36. The second-order valence-electron chi connectivity index (χ2n) is 6.68. The van der Waals surface area contributed by atoms with Crippen molar-refractivity contribution in [3.63, 3.8) is 0 Å². The number of halogens is 2. The van der Waals surface area contributed by atoms with Crippen LogP contribution in [0.2, 0.25) is 5.02 Å². The maximum absolute atomic E-state index is 14.5. The van der Waals surface area contributed by atoms with Gasteiger partial charge in [-0.1, -0.05) is 18.2 Å². The molecule has 4 rings (SSSR count). The molecule has 3 N–H and O–H groups in total. The summed E-state index contributed by atoms with van der Waals surface area (Å²) < 4.78 is 16.3. The molecule has 0 bridgehead atoms. The van der Waals surface area contributed by atoms with E-state index in [2.05, 4.69) is 37.3 Å². The summed E-state index contributed by atoms with van der Waals surface area (Å²) in [5, 5.41) is 11.4. The molecule has 1 aliphatic rings. The Morgan fingerprint density at radius 3 is 3.03 bits per heavy atom. The molecular weight excluding hydrogens is 399 g/mol. The van der Waals surface area contributed by atoms with Gasteiger partial charge in [-0.2, -0.15) is 15.1 Å². The Kier molecular flexibility index (Phi) is 5.10. The number of aromatic nitrogens is 5. The van der Waals surface area contributed by atoms with E-state index in [1.165, 1.54) is 11.0 Å². The van der Waals surface area contributed by atoms with E-state index in [9.17, 15) is 9.18 Å². The van der Waals surface area contributed by atoms with Gasteiger partial charge < -0.3 is 20.5 Å². The molecule has 0 aliphatic carbocycles. The second-order valence-corrected chi connectivity index (χ2v) is 7.09. The molecule has 0 unspecified atom stereocenters. The normalized spacial score (nSPS) is 18.9. The van der Waals surface area contributed by atoms with Crippen LogP contribution in [0.5, 0.6) is 0 Å². The molecule has 4 heterocycles. The van der Waals surface area contributed by atoms with Crippen LogP contribution in [-0.2, 0) is 11.3 Å². The lowest BCUT2D eigenvalue weighted by Crippen LogP contribution is -2.31. The first-order chi connectivity index (χ1) is 14.0. The van der Waals surface area contributed by atoms with Crippen LogP contribution in [-0.4, -0.2) is 60.8 Å². The van der Waals surface area contributed by atoms with Crippen molar-refractivity contribution in [2.45, 2.75) is 25.7 Å². The van der Waals surface area contributed by atoms with Gasteiger partial charge in [-0.3, -0.25) is 9.48 Å². The molecule has 3 aromatic heterocycles. The van der Waals surface area contributed by atoms with E-state index in [1.807, 2.05) is 13.1 Å². The third-order valence-electron chi connectivity index (χ3n) is 4.75. The number of carbonyl (C=O) groups is 1. The molecule has 3 aromatic rings. The fourth-order valence-electron chi connectivity index (χ4n) is 3.27. The number of likely N-dealkylation sites (tertiary alicyclic amines) is 1. The van der Waals surface area contributed by atoms with Crippen molar-refractivity contribution in [3.8, 4) is 0 Å². The maximum Gasteiger partial charge on any atom is 0.246 e. The van der Waals surface area contributed by atoms with Gasteiger partial charge >= 0.3 is 0 Å². The van der Waals surface area contributed by atoms with E-state index in [0.717, 1.165) is 12.2 Å². The van der Waals surface area contributed by atoms with Gasteiger partial charge in [-0.05, 0) is 13.0 Å². The molecule has 152 valence electrons. The highest BCUT2D eigenvalue weighted by Gasteiger charge is 2.35. The summed E-state index contributed by atoms with van der Waals surface area (Å²) in [5.74, 6) is 0.383. The quantitative estimate of drug-likeness (QED) is 0.532. The molecule has 0 spiro atoms. The summed E-state index contributed by atoms with van der Waals surface area (Å²) in [6, 6.07) is -0.626. The van der Waals surface area contributed by atoms with E-state index in [0.29, 0.717) is 27.8 Å². The number of rotatable bonds is 6. The van der Waals surface area contributed by atoms with Gasteiger partial charge in [0.05, 0.1) is 34.9 Å². The zero-order valence-corrected chi connectivity index (χ0v) is 16.4. The molecule has 29 heavy (non-hydrogen) atoms. The lowest BCUT2D eigenvalue weighted by atomic mass is 10.2. The maximum atomic E-state index is 14.5. The van der Waals surface area contributed by atoms with Gasteiger partial charge in [0.15, 0.2) is 0 Å². The predicted octanol–water partition coefficient (Wildman–Crippen LogP) is 2.72. The number of hydrogen-bond donors (Lipinski definition) is 3. The molecule has 1 aliphatic heterocycles. The minimum atomic E-state index is -1.25. The monoisotopic (exact) mass is 418 g/mol. The molecule has 9 nitrogen and oxygen atoms in total. The van der Waals surface area contributed by atoms with Crippen molar-refractivity contribution in [1.29, 1.82) is 0 Å². The number of carbonyl (C=O) groups excluding carboxylic acids is 1. The molecule has 1 fully saturated rings. The Balaban J connectivity index is 1.63. The Morgan fingerprint density at radius 2 is 2.31 bits per heavy atom. The molecule has 0 aromatic carbocycles. The highest BCUT2D eigenvalue weighted by atomic mass is 35.5. The third kappa shape index (κ3) is 3.75. The number of amides is 1. The SMILES string of the molecule is C=CC(=O)N1C[C@H](Nc2nc(Nc3cnn(CC)c3)nc3[nH]cc(Cl)c23)[C@@H](F)C1. The summed E-state index contributed by atoms with van der Waals surface area (Å²) in [6.45, 7) is 6.37. The van der Waals surface area contributed by atoms with Crippen LogP contribution in [0.3, 0.4) is 0 Å². The smallest absolute Gasteiger partial charge is 0.246 e. The van der Waals surface area contributed by atoms with Gasteiger partial charge in [0, 0.05) is 25.5 Å². The standard InChI is InChI=1S/C18H20ClFN8O/c1-3-14(29)27-8-12(20)13(9-27)24-17-15-11(19)6-21-16(15)25-18(26-17)23-10-5-22-28(4-2)7-10/h3,5-7,12-13H,1,4,8-9H2,2H3,(H3,21,23,24,25,26)/t12-,13-/m0/s1. The fourth-order valence-corrected chi connectivity index (χ4v) is 3.50. The van der Waals surface area contributed by atoms with Crippen LogP contribution in [0.15, 0.2) is 31.2 Å². The molecule has 0 saturated carbocycles. The number of aryl methyl sites for hydroxylation is 1. The van der Waals surface area contributed by atoms with E-state index in [-0.39, 0.29) is 19.0 Å². The zero-order chi connectivity index (χ0) is 20.5. The van der Waals surface area contributed by atoms with Crippen LogP contribution < -0.4 is 10.6 Å². The van der Waals surface area contributed by atoms with Crippen LogP contribution in [0.4, 0.5) is 21.8 Å². The lowest BCUT2D eigenvalue weighted by molar-refractivity contribution is -0.125. The van der Waals surface area contributed by atoms with Crippen molar-refractivity contribution >= 4 is 46.0 Å². The number of nitrogens with one attached hydrogen (secondary N) is 3. The average molecular weight is 419 g/mol. The highest BCUT2D eigenvalue weighted by Crippen LogP contribution is 2.31. The van der Waals surface area contributed by atoms with Crippen molar-refractivity contribution in [3.05, 3.63) is 36.3 Å². The number of nitrogens with zero attached hydrogens (tertiary/aromatic N) is 5. The Labute approximate surface area is 171 Å². The zero-order valence-electron chi connectivity index (χ0n) is 15.7. The number of fused-ring (bicyclic) bond motifs is 1. The molecule has 1 amide bonds. The number of aromatic amines is 1. The predicted molar refractivity (Wildman–Crippen MR) is 109 cm³/mol. The first-order valence-corrected chi connectivity index (χ1v) is 9.52. The lowest BCUT2D eigenvalue weighted by Gasteiger charge is -2.17. The van der Waals surface area contributed by atoms with E-state index < -0.39 is 12.2 Å². The second kappa shape index (κ2) is 7.70. The van der Waals surface area contributed by atoms with Crippen LogP contribution in [0.1, 0.15) is 6.92 Å². The largest absolute Gasteiger partial charge is 0.362 e. The summed E-state index contributed by atoms with van der Waals surface area (Å²) in [4.78, 5) is 25.1. The summed E-state index contributed by atoms with van der Waals surface area (Å²) in [6.07, 6.45) is 5.02. The van der Waals surface area contributed by atoms with Crippen LogP contribution in [0.25, 0.3) is 11.0 Å². The average Bonchev–Trinajstić information content (AvgIpc) is 3.41. The van der Waals surface area contributed by atoms with Crippen LogP contribution >= 0.6 is 11.6 Å². The van der Waals surface area contributed by atoms with Crippen molar-refractivity contribution < 1.29 is 9.18 Å². The molecule has 0 radical (unpaired) electrons. The topological polar surface area (TPSA) is 104 Å². The first-order valence-electron chi connectivity index (χ1n) is 9.14. The number of H-pyrrole nitrogens is 1. The summed E-state index contributed by atoms with van der Waals surface area (Å²) >= 11 is 6.28. The minimum absolute atomic E-state index is 0.00107. The molecule has 1 saturated heterocycles. The van der Waals surface area contributed by atoms with Crippen molar-refractivity contribution in [1.82, 2.24) is 29.6 Å². The van der Waals surface area contributed by atoms with Gasteiger partial charge in [0.2, 0.25) is 11.9 Å². The van der Waals surface area contributed by atoms with E-state index in [4.69, 9.17) is 11.6 Å². The Bertz CT molecular complexity index is 1060. The van der Waals surface area contributed by atoms with Crippen LogP contribution in [0, 0.1) is 0 Å². The minimum Gasteiger partial charge on any atom is -0.362 e. The summed E-state index contributed by atoms with van der Waals surface area (Å²) in [5.41, 5.74) is 1.23. The fraction of sp³-hybridized carbons (Fsp3) is 0.333. The molecule has 11 heteroatoms. The van der Waals surface area contributed by atoms with Crippen molar-refractivity contribution in [2.24, 2.45) is 0 Å². The van der Waals surface area contributed by atoms with Crippen molar-refractivity contribution in [2.75, 3.05) is 23.7 Å². The number of alkyl halides is 1. The van der Waals surface area contributed by atoms with Gasteiger partial charge in [0.25, 0.3) is 0 Å². The molecular formula is C18H20ClFN8O. The van der Waals surface area contributed by atoms with E-state index >= 15 is 0 Å². The molecule has 2 atom stereocenters. The van der Waals surface area contributed by atoms with Gasteiger partial charge in [-0.25, -0.2) is 4.39 Å². The van der Waals surface area contributed by atoms with E-state index in [1.54, 1.807) is 17.1 Å². The number of anilines is 3. The Morgan fingerprint density at radius 1 is 1.48 bits per heavy atom. The third-order valence-corrected chi connectivity index (χ3v) is 5.05. The number of hydrogen-bond acceptors (Lipinski definition) is 6. The first kappa shape index (κ1) is 19.2. The summed E-state index contributed by atoms with van der Waals surface area (Å²) in [7, 11) is 0.